The van der Waals surface area contributed by atoms with E-state index in [1.807, 2.05) is 0 Å². The molecule has 6 aromatic rings. The number of pyridine rings is 2. The van der Waals surface area contributed by atoms with E-state index in [-0.39, 0.29) is 54.7 Å². The molecule has 5 heterocycles. The molecule has 3 aromatic heterocycles. The fourth-order valence-electron chi connectivity index (χ4n) is 9.84. The zero-order valence-electron chi connectivity index (χ0n) is 42.0. The largest absolute Gasteiger partial charge is 0.458 e. The van der Waals surface area contributed by atoms with Crippen LogP contribution in [0.2, 0.25) is 0 Å². The number of aryl methyl sites for hydroxylation is 1. The number of ether oxygens (including phenoxy) is 2. The SMILES string of the molecule is CC[C@@]1(O)C(=O)OCc2c1cc1n(c2=O)Cc2c-1nc1cc(F)c(C)c3c1c2[C@@H](NC(=O)OCc1ccc(NC(=O)[C@H](C)NC(=O)[C@@H](NC(=O)c2ccc(-c4nnc(S(C)(=O)=O)o4)cc2)C(C)C)cc1CNC)CC3. The number of cyclic esters (lactones) is 1. The molecule has 75 heavy (non-hydrogen) atoms. The number of fused-ring (bicyclic) bond motifs is 5. The summed E-state index contributed by atoms with van der Waals surface area (Å²) in [5.41, 5.74) is 3.62. The lowest BCUT2D eigenvalue weighted by molar-refractivity contribution is -0.172. The molecule has 3 aliphatic rings. The summed E-state index contributed by atoms with van der Waals surface area (Å²) < 4.78 is 56.7. The van der Waals surface area contributed by atoms with Crippen molar-refractivity contribution in [2.45, 2.75) is 109 Å². The number of benzene rings is 3. The van der Waals surface area contributed by atoms with Gasteiger partial charge in [-0.15, -0.1) is 5.10 Å². The maximum absolute atomic E-state index is 15.5. The highest BCUT2D eigenvalue weighted by Gasteiger charge is 2.46. The first-order chi connectivity index (χ1) is 35.6. The van der Waals surface area contributed by atoms with E-state index < -0.39 is 79.9 Å². The van der Waals surface area contributed by atoms with Gasteiger partial charge in [-0.25, -0.2) is 27.4 Å². The van der Waals surface area contributed by atoms with Gasteiger partial charge in [0.25, 0.3) is 11.5 Å². The van der Waals surface area contributed by atoms with Gasteiger partial charge in [0.1, 0.15) is 31.1 Å². The van der Waals surface area contributed by atoms with Gasteiger partial charge in [-0.1, -0.05) is 31.9 Å². The fourth-order valence-corrected chi connectivity index (χ4v) is 10.3. The Kier molecular flexibility index (Phi) is 13.9. The lowest BCUT2D eigenvalue weighted by Gasteiger charge is -2.31. The number of aliphatic hydroxyl groups is 1. The van der Waals surface area contributed by atoms with E-state index in [4.69, 9.17) is 18.9 Å². The Bertz CT molecular complexity index is 3540. The minimum Gasteiger partial charge on any atom is -0.458 e. The quantitative estimate of drug-likeness (QED) is 0.0770. The van der Waals surface area contributed by atoms with Crippen molar-refractivity contribution >= 4 is 56.2 Å². The predicted octanol–water partition coefficient (Wildman–Crippen LogP) is 4.51. The van der Waals surface area contributed by atoms with Gasteiger partial charge >= 0.3 is 17.3 Å². The highest BCUT2D eigenvalue weighted by molar-refractivity contribution is 7.90. The summed E-state index contributed by atoms with van der Waals surface area (Å²) in [6.45, 7) is 8.20. The number of nitrogens with zero attached hydrogens (tertiary/aromatic N) is 4. The van der Waals surface area contributed by atoms with Gasteiger partial charge in [0.15, 0.2) is 5.60 Å². The van der Waals surface area contributed by atoms with Crippen LogP contribution in [-0.4, -0.2) is 88.4 Å². The van der Waals surface area contributed by atoms with Crippen molar-refractivity contribution < 1.29 is 55.8 Å². The third kappa shape index (κ3) is 9.73. The van der Waals surface area contributed by atoms with Gasteiger partial charge in [-0.3, -0.25) is 19.2 Å². The average Bonchev–Trinajstić information content (AvgIpc) is 4.03. The molecule has 0 fully saturated rings. The first-order valence-electron chi connectivity index (χ1n) is 24.2. The molecule has 23 heteroatoms. The van der Waals surface area contributed by atoms with Crippen LogP contribution in [-0.2, 0) is 72.0 Å². The van der Waals surface area contributed by atoms with Crippen LogP contribution in [0, 0.1) is 18.7 Å². The predicted molar refractivity (Wildman–Crippen MR) is 268 cm³/mol. The Morgan fingerprint density at radius 3 is 2.40 bits per heavy atom. The van der Waals surface area contributed by atoms with Gasteiger partial charge in [0, 0.05) is 52.2 Å². The van der Waals surface area contributed by atoms with Crippen LogP contribution in [0.15, 0.2) is 69.0 Å². The number of sulfone groups is 1. The maximum Gasteiger partial charge on any atom is 0.407 e. The lowest BCUT2D eigenvalue weighted by atomic mass is 9.81. The Balaban J connectivity index is 0.858. The third-order valence-corrected chi connectivity index (χ3v) is 14.8. The van der Waals surface area contributed by atoms with Gasteiger partial charge in [-0.2, -0.15) is 0 Å². The molecule has 0 saturated heterocycles. The van der Waals surface area contributed by atoms with Crippen LogP contribution < -0.4 is 32.1 Å². The van der Waals surface area contributed by atoms with Crippen molar-refractivity contribution in [3.63, 3.8) is 0 Å². The summed E-state index contributed by atoms with van der Waals surface area (Å²) in [5.74, 6) is -3.47. The Morgan fingerprint density at radius 2 is 1.72 bits per heavy atom. The topological polar surface area (TPSA) is 292 Å². The number of carbonyl (C=O) groups excluding carboxylic acids is 5. The monoisotopic (exact) mass is 1050 g/mol. The minimum absolute atomic E-state index is 0.0388. The number of esters is 1. The van der Waals surface area contributed by atoms with E-state index in [0.717, 1.165) is 11.8 Å². The molecular weight excluding hydrogens is 994 g/mol. The highest BCUT2D eigenvalue weighted by atomic mass is 32.2. The summed E-state index contributed by atoms with van der Waals surface area (Å²) in [7, 11) is -1.99. The van der Waals surface area contributed by atoms with Crippen LogP contribution in [0.5, 0.6) is 0 Å². The lowest BCUT2D eigenvalue weighted by Crippen LogP contribution is -2.53. The number of anilines is 1. The first kappa shape index (κ1) is 52.0. The number of nitrogens with one attached hydrogen (secondary N) is 5. The van der Waals surface area contributed by atoms with E-state index in [1.54, 1.807) is 59.0 Å². The summed E-state index contributed by atoms with van der Waals surface area (Å²) in [5, 5.41) is 33.1. The number of halogens is 1. The Hall–Kier alpha value is -7.89. The number of hydrogen-bond acceptors (Lipinski definition) is 16. The molecule has 0 radical (unpaired) electrons. The zero-order chi connectivity index (χ0) is 53.8. The molecule has 0 saturated carbocycles. The van der Waals surface area contributed by atoms with Gasteiger partial charge in [-0.05, 0) is 116 Å². The van der Waals surface area contributed by atoms with Crippen molar-refractivity contribution in [2.24, 2.45) is 5.92 Å². The second kappa shape index (κ2) is 20.1. The Morgan fingerprint density at radius 1 is 0.973 bits per heavy atom. The molecule has 9 rings (SSSR count). The van der Waals surface area contributed by atoms with E-state index >= 15 is 4.39 Å². The number of alkyl carbamates (subject to hydrolysis) is 1. The van der Waals surface area contributed by atoms with E-state index in [0.29, 0.717) is 80.7 Å². The van der Waals surface area contributed by atoms with E-state index in [1.165, 1.54) is 41.8 Å². The highest BCUT2D eigenvalue weighted by Crippen LogP contribution is 2.46. The second-order valence-electron chi connectivity index (χ2n) is 19.3. The van der Waals surface area contributed by atoms with E-state index in [9.17, 15) is 42.3 Å². The third-order valence-electron chi connectivity index (χ3n) is 14.0. The number of carbonyl (C=O) groups is 5. The average molecular weight is 1050 g/mol. The minimum atomic E-state index is -3.72. The van der Waals surface area contributed by atoms with Crippen molar-refractivity contribution in [1.29, 1.82) is 0 Å². The number of aromatic nitrogens is 4. The molecule has 3 aromatic carbocycles. The van der Waals surface area contributed by atoms with Gasteiger partial charge < -0.3 is 50.1 Å². The summed E-state index contributed by atoms with van der Waals surface area (Å²) >= 11 is 0. The summed E-state index contributed by atoms with van der Waals surface area (Å²) in [4.78, 5) is 85.7. The molecule has 4 amide bonds. The molecule has 1 aliphatic carbocycles. The van der Waals surface area contributed by atoms with Crippen molar-refractivity contribution in [1.82, 2.24) is 41.0 Å². The molecule has 392 valence electrons. The van der Waals surface area contributed by atoms with Crippen molar-refractivity contribution in [3.8, 4) is 22.8 Å². The van der Waals surface area contributed by atoms with Gasteiger partial charge in [0.2, 0.25) is 27.5 Å². The van der Waals surface area contributed by atoms with Crippen LogP contribution in [0.1, 0.15) is 101 Å². The van der Waals surface area contributed by atoms with Crippen molar-refractivity contribution in [2.75, 3.05) is 18.6 Å². The van der Waals surface area contributed by atoms with Crippen LogP contribution >= 0.6 is 0 Å². The van der Waals surface area contributed by atoms with E-state index in [2.05, 4.69) is 36.8 Å². The molecule has 2 aliphatic heterocycles. The molecule has 0 unspecified atom stereocenters. The first-order valence-corrected chi connectivity index (χ1v) is 26.1. The molecule has 0 bridgehead atoms. The number of hydrogen-bond donors (Lipinski definition) is 6. The van der Waals surface area contributed by atoms with Crippen LogP contribution in [0.4, 0.5) is 14.9 Å². The van der Waals surface area contributed by atoms with Crippen LogP contribution in [0.3, 0.4) is 0 Å². The smallest absolute Gasteiger partial charge is 0.407 e. The van der Waals surface area contributed by atoms with Gasteiger partial charge in [0.05, 0.1) is 35.1 Å². The fraction of sp³-hybridized carbons (Fsp3) is 0.365. The molecular formula is C52H54FN9O12S. The maximum atomic E-state index is 15.5. The standard InChI is InChI=1S/C52H54FN9O12S/c1-8-52(69)35-18-39-43-33(21-62(39)48(66)34(35)23-72-49(52)67)41-37(16-15-32-25(4)36(53)19-38(57-43)40(32)41)58-50(68)73-22-29-13-14-31(17-30(29)20-54-6)56-44(63)26(5)55-46(65)42(24(2)3)59-45(64)27-9-11-28(12-10-27)47-60-61-51(74-47)75(7,70)71/h9-14,17-19,24,26,37,42,54,69H,8,15-16,20-23H2,1-7H3,(H,55,65)(H,56,63)(H,58,68)(H,59,64)/t26-,37-,42-,52-/m0/s1. The normalized spacial score (nSPS) is 17.3. The molecule has 21 nitrogen and oxygen atoms in total. The summed E-state index contributed by atoms with van der Waals surface area (Å²) in [6.07, 6.45) is 0.943. The molecule has 0 spiro atoms. The number of rotatable bonds is 15. The Labute approximate surface area is 428 Å². The summed E-state index contributed by atoms with van der Waals surface area (Å²) in [6, 6.07) is 11.1. The second-order valence-corrected chi connectivity index (χ2v) is 21.2. The molecule has 6 N–H and O–H groups in total. The zero-order valence-corrected chi connectivity index (χ0v) is 42.8. The number of amides is 4. The van der Waals surface area contributed by atoms with Crippen LogP contribution in [0.25, 0.3) is 33.7 Å². The van der Waals surface area contributed by atoms with Crippen molar-refractivity contribution in [3.05, 3.63) is 121 Å². The molecule has 4 atom stereocenters.